The second-order valence-corrected chi connectivity index (χ2v) is 7.01. The first-order valence-corrected chi connectivity index (χ1v) is 9.23. The molecule has 0 unspecified atom stereocenters. The Hall–Kier alpha value is -2.67. The van der Waals surface area contributed by atoms with Gasteiger partial charge in [0, 0.05) is 17.2 Å². The third-order valence-corrected chi connectivity index (χ3v) is 5.38. The Balaban J connectivity index is 1.64. The van der Waals surface area contributed by atoms with Gasteiger partial charge in [0.15, 0.2) is 23.0 Å². The van der Waals surface area contributed by atoms with Crippen molar-refractivity contribution in [3.05, 3.63) is 56.9 Å². The molecule has 140 valence electrons. The molecular formula is C20H18BrNO5. The molecule has 3 aromatic rings. The Bertz CT molecular complexity index is 1080. The van der Waals surface area contributed by atoms with E-state index >= 15 is 0 Å². The quantitative estimate of drug-likeness (QED) is 0.615. The smallest absolute Gasteiger partial charge is 0.258 e. The molecule has 0 N–H and O–H groups in total. The molecule has 0 amide bonds. The van der Waals surface area contributed by atoms with Crippen molar-refractivity contribution in [1.82, 2.24) is 4.57 Å². The van der Waals surface area contributed by atoms with Crippen LogP contribution in [0.4, 0.5) is 0 Å². The van der Waals surface area contributed by atoms with Gasteiger partial charge in [0.05, 0.1) is 19.6 Å². The summed E-state index contributed by atoms with van der Waals surface area (Å²) < 4.78 is 24.1. The van der Waals surface area contributed by atoms with E-state index in [1.54, 1.807) is 24.9 Å². The molecule has 1 aromatic heterocycles. The summed E-state index contributed by atoms with van der Waals surface area (Å²) in [6.45, 7) is 0.727. The number of hydrogen-bond donors (Lipinski definition) is 0. The predicted octanol–water partition coefficient (Wildman–Crippen LogP) is 3.75. The highest BCUT2D eigenvalue weighted by molar-refractivity contribution is 9.10. The number of fused-ring (bicyclic) bond motifs is 2. The van der Waals surface area contributed by atoms with E-state index in [-0.39, 0.29) is 12.4 Å². The average Bonchev–Trinajstić information content (AvgIpc) is 3.14. The molecule has 0 aliphatic carbocycles. The van der Waals surface area contributed by atoms with E-state index in [1.165, 1.54) is 0 Å². The number of aryl methyl sites for hydroxylation is 2. The molecule has 27 heavy (non-hydrogen) atoms. The third-order valence-electron chi connectivity index (χ3n) is 4.64. The summed E-state index contributed by atoms with van der Waals surface area (Å²) in [4.78, 5) is 12.9. The Morgan fingerprint density at radius 3 is 2.52 bits per heavy atom. The van der Waals surface area contributed by atoms with Crippen molar-refractivity contribution < 1.29 is 18.9 Å². The first-order valence-electron chi connectivity index (χ1n) is 8.44. The van der Waals surface area contributed by atoms with Crippen LogP contribution in [0.3, 0.4) is 0 Å². The summed E-state index contributed by atoms with van der Waals surface area (Å²) in [5.41, 5.74) is 0.979. The lowest BCUT2D eigenvalue weighted by atomic mass is 10.1. The standard InChI is InChI=1S/C20H18BrNO5/c1-24-16-8-13(15(21)10-17(16)25-2)4-6-22-5-3-12-7-18-19(27-11-26-18)9-14(12)20(22)23/h3,5,7-10H,4,6,11H2,1-2H3. The Morgan fingerprint density at radius 1 is 1.07 bits per heavy atom. The zero-order valence-corrected chi connectivity index (χ0v) is 16.5. The van der Waals surface area contributed by atoms with Crippen molar-refractivity contribution in [2.45, 2.75) is 13.0 Å². The number of pyridine rings is 1. The highest BCUT2D eigenvalue weighted by atomic mass is 79.9. The van der Waals surface area contributed by atoms with Crippen molar-refractivity contribution in [2.75, 3.05) is 21.0 Å². The topological polar surface area (TPSA) is 58.9 Å². The molecule has 0 radical (unpaired) electrons. The zero-order chi connectivity index (χ0) is 19.0. The highest BCUT2D eigenvalue weighted by Gasteiger charge is 2.16. The third kappa shape index (κ3) is 3.23. The van der Waals surface area contributed by atoms with Gasteiger partial charge in [-0.25, -0.2) is 0 Å². The van der Waals surface area contributed by atoms with Crippen molar-refractivity contribution in [3.8, 4) is 23.0 Å². The normalized spacial score (nSPS) is 12.4. The van der Waals surface area contributed by atoms with Crippen LogP contribution < -0.4 is 24.5 Å². The van der Waals surface area contributed by atoms with Gasteiger partial charge in [-0.3, -0.25) is 4.79 Å². The van der Waals surface area contributed by atoms with E-state index in [2.05, 4.69) is 15.9 Å². The predicted molar refractivity (Wildman–Crippen MR) is 105 cm³/mol. The molecule has 2 heterocycles. The van der Waals surface area contributed by atoms with Gasteiger partial charge in [-0.1, -0.05) is 15.9 Å². The lowest BCUT2D eigenvalue weighted by molar-refractivity contribution is 0.174. The summed E-state index contributed by atoms with van der Waals surface area (Å²) in [7, 11) is 3.21. The zero-order valence-electron chi connectivity index (χ0n) is 15.0. The molecule has 7 heteroatoms. The van der Waals surface area contributed by atoms with Crippen molar-refractivity contribution in [3.63, 3.8) is 0 Å². The second-order valence-electron chi connectivity index (χ2n) is 6.16. The fourth-order valence-electron chi connectivity index (χ4n) is 3.18. The summed E-state index contributed by atoms with van der Waals surface area (Å²) in [6.07, 6.45) is 2.47. The number of nitrogens with zero attached hydrogens (tertiary/aromatic N) is 1. The van der Waals surface area contributed by atoms with Gasteiger partial charge in [0.1, 0.15) is 0 Å². The lowest BCUT2D eigenvalue weighted by Crippen LogP contribution is -2.20. The van der Waals surface area contributed by atoms with E-state index in [0.29, 0.717) is 41.3 Å². The van der Waals surface area contributed by atoms with Crippen molar-refractivity contribution in [2.24, 2.45) is 0 Å². The Morgan fingerprint density at radius 2 is 1.78 bits per heavy atom. The molecule has 0 saturated heterocycles. The first-order chi connectivity index (χ1) is 13.1. The van der Waals surface area contributed by atoms with Crippen LogP contribution in [0.25, 0.3) is 10.8 Å². The van der Waals surface area contributed by atoms with Crippen LogP contribution in [0.5, 0.6) is 23.0 Å². The number of rotatable bonds is 5. The minimum absolute atomic E-state index is 0.0533. The Labute approximate surface area is 164 Å². The van der Waals surface area contributed by atoms with Gasteiger partial charge in [-0.15, -0.1) is 0 Å². The maximum absolute atomic E-state index is 12.9. The molecule has 6 nitrogen and oxygen atoms in total. The fraction of sp³-hybridized carbons (Fsp3) is 0.250. The number of ether oxygens (including phenoxy) is 4. The van der Waals surface area contributed by atoms with Crippen molar-refractivity contribution in [1.29, 1.82) is 0 Å². The van der Waals surface area contributed by atoms with Crippen LogP contribution in [0.1, 0.15) is 5.56 Å². The van der Waals surface area contributed by atoms with E-state index < -0.39 is 0 Å². The van der Waals surface area contributed by atoms with Gasteiger partial charge in [-0.2, -0.15) is 0 Å². The number of methoxy groups -OCH3 is 2. The van der Waals surface area contributed by atoms with Gasteiger partial charge >= 0.3 is 0 Å². The summed E-state index contributed by atoms with van der Waals surface area (Å²) in [6, 6.07) is 9.31. The minimum Gasteiger partial charge on any atom is -0.493 e. The molecule has 1 aliphatic rings. The molecule has 0 bridgehead atoms. The van der Waals surface area contributed by atoms with E-state index in [0.717, 1.165) is 15.4 Å². The van der Waals surface area contributed by atoms with Gasteiger partial charge in [0.25, 0.3) is 5.56 Å². The summed E-state index contributed by atoms with van der Waals surface area (Å²) in [5.74, 6) is 2.61. The molecule has 1 aliphatic heterocycles. The van der Waals surface area contributed by atoms with Crippen LogP contribution in [-0.4, -0.2) is 25.6 Å². The fourth-order valence-corrected chi connectivity index (χ4v) is 3.70. The second kappa shape index (κ2) is 7.15. The molecule has 0 spiro atoms. The molecular weight excluding hydrogens is 414 g/mol. The maximum atomic E-state index is 12.9. The largest absolute Gasteiger partial charge is 0.493 e. The molecule has 2 aromatic carbocycles. The van der Waals surface area contributed by atoms with Gasteiger partial charge < -0.3 is 23.5 Å². The Kier molecular flexibility index (Phi) is 4.70. The number of halogens is 1. The van der Waals surface area contributed by atoms with E-state index in [4.69, 9.17) is 18.9 Å². The maximum Gasteiger partial charge on any atom is 0.258 e. The molecule has 4 rings (SSSR count). The summed E-state index contributed by atoms with van der Waals surface area (Å²) in [5, 5.41) is 1.46. The van der Waals surface area contributed by atoms with Crippen LogP contribution in [0.15, 0.2) is 45.8 Å². The van der Waals surface area contributed by atoms with Crippen LogP contribution in [-0.2, 0) is 13.0 Å². The van der Waals surface area contributed by atoms with E-state index in [9.17, 15) is 4.79 Å². The number of hydrogen-bond acceptors (Lipinski definition) is 5. The minimum atomic E-state index is -0.0533. The van der Waals surface area contributed by atoms with Gasteiger partial charge in [-0.05, 0) is 47.7 Å². The monoisotopic (exact) mass is 431 g/mol. The van der Waals surface area contributed by atoms with Crippen LogP contribution in [0.2, 0.25) is 0 Å². The van der Waals surface area contributed by atoms with Gasteiger partial charge in [0.2, 0.25) is 6.79 Å². The lowest BCUT2D eigenvalue weighted by Gasteiger charge is -2.13. The SMILES string of the molecule is COc1cc(Br)c(CCn2ccc3cc4c(cc3c2=O)OCO4)cc1OC. The van der Waals surface area contributed by atoms with Crippen LogP contribution in [0, 0.1) is 0 Å². The highest BCUT2D eigenvalue weighted by Crippen LogP contribution is 2.35. The van der Waals surface area contributed by atoms with E-state index in [1.807, 2.05) is 30.5 Å². The van der Waals surface area contributed by atoms with Crippen LogP contribution >= 0.6 is 15.9 Å². The average molecular weight is 432 g/mol. The number of benzene rings is 2. The first kappa shape index (κ1) is 17.7. The molecule has 0 fully saturated rings. The van der Waals surface area contributed by atoms with Crippen molar-refractivity contribution >= 4 is 26.7 Å². The molecule has 0 atom stereocenters. The number of aromatic nitrogens is 1. The summed E-state index contributed by atoms with van der Waals surface area (Å²) >= 11 is 3.56. The molecule has 0 saturated carbocycles.